The number of halogens is 1. The lowest BCUT2D eigenvalue weighted by atomic mass is 10.2. The molecule has 1 aliphatic rings. The number of benzene rings is 1. The summed E-state index contributed by atoms with van der Waals surface area (Å²) in [5, 5.41) is 0. The molecular weight excluding hydrogens is 304 g/mol. The predicted molar refractivity (Wildman–Crippen MR) is 72.2 cm³/mol. The molecule has 1 fully saturated rings. The van der Waals surface area contributed by atoms with Crippen LogP contribution in [0.15, 0.2) is 22.7 Å². The van der Waals surface area contributed by atoms with E-state index in [1.807, 2.05) is 25.1 Å². The third kappa shape index (κ3) is 3.00. The molecule has 1 saturated heterocycles. The normalized spacial score (nSPS) is 17.3. The van der Waals surface area contributed by atoms with Gasteiger partial charge in [-0.25, -0.2) is 0 Å². The first-order chi connectivity index (χ1) is 7.99. The van der Waals surface area contributed by atoms with Crippen molar-refractivity contribution in [2.45, 2.75) is 19.8 Å². The Bertz CT molecular complexity index is 510. The molecule has 1 aliphatic heterocycles. The van der Waals surface area contributed by atoms with E-state index in [9.17, 15) is 8.42 Å². The molecule has 1 heterocycles. The molecule has 1 aromatic carbocycles. The van der Waals surface area contributed by atoms with Crippen LogP contribution in [-0.2, 0) is 10.2 Å². The monoisotopic (exact) mass is 318 g/mol. The predicted octanol–water partition coefficient (Wildman–Crippen LogP) is 2.51. The number of rotatable bonds is 3. The fraction of sp³-hybridized carbons (Fsp3) is 0.455. The highest BCUT2D eigenvalue weighted by molar-refractivity contribution is 9.10. The van der Waals surface area contributed by atoms with Gasteiger partial charge in [-0.2, -0.15) is 12.7 Å². The number of anilines is 1. The van der Waals surface area contributed by atoms with Crippen LogP contribution in [0.4, 0.5) is 5.69 Å². The van der Waals surface area contributed by atoms with Gasteiger partial charge in [-0.3, -0.25) is 4.72 Å². The van der Waals surface area contributed by atoms with E-state index in [-0.39, 0.29) is 0 Å². The van der Waals surface area contributed by atoms with E-state index < -0.39 is 10.2 Å². The lowest BCUT2D eigenvalue weighted by molar-refractivity contribution is 0.482. The van der Waals surface area contributed by atoms with E-state index in [0.717, 1.165) is 22.9 Å². The summed E-state index contributed by atoms with van der Waals surface area (Å²) in [6.07, 6.45) is 1.88. The molecule has 2 rings (SSSR count). The molecule has 0 atom stereocenters. The molecule has 17 heavy (non-hydrogen) atoms. The third-order valence-corrected chi connectivity index (χ3v) is 4.98. The molecular formula is C11H15BrN2O2S. The molecule has 0 aromatic heterocycles. The first-order valence-electron chi connectivity index (χ1n) is 5.53. The van der Waals surface area contributed by atoms with E-state index in [0.29, 0.717) is 18.8 Å². The van der Waals surface area contributed by atoms with E-state index >= 15 is 0 Å². The van der Waals surface area contributed by atoms with Crippen molar-refractivity contribution in [3.8, 4) is 0 Å². The molecule has 1 aromatic rings. The lowest BCUT2D eigenvalue weighted by Crippen LogP contribution is -2.33. The highest BCUT2D eigenvalue weighted by atomic mass is 79.9. The van der Waals surface area contributed by atoms with Gasteiger partial charge < -0.3 is 0 Å². The van der Waals surface area contributed by atoms with Crippen molar-refractivity contribution in [3.63, 3.8) is 0 Å². The van der Waals surface area contributed by atoms with Crippen molar-refractivity contribution >= 4 is 31.8 Å². The minimum Gasteiger partial charge on any atom is -0.270 e. The van der Waals surface area contributed by atoms with Crippen molar-refractivity contribution in [1.82, 2.24) is 4.31 Å². The van der Waals surface area contributed by atoms with Crippen LogP contribution in [-0.4, -0.2) is 25.8 Å². The first-order valence-corrected chi connectivity index (χ1v) is 7.76. The second-order valence-electron chi connectivity index (χ2n) is 4.20. The molecule has 1 N–H and O–H groups in total. The highest BCUT2D eigenvalue weighted by Gasteiger charge is 2.25. The summed E-state index contributed by atoms with van der Waals surface area (Å²) in [4.78, 5) is 0. The standard InChI is InChI=1S/C11H15BrN2O2S/c1-9-4-5-10(12)11(8-9)13-17(15,16)14-6-2-3-7-14/h4-5,8,13H,2-3,6-7H2,1H3. The Morgan fingerprint density at radius 2 is 1.94 bits per heavy atom. The molecule has 0 unspecified atom stereocenters. The van der Waals surface area contributed by atoms with E-state index in [4.69, 9.17) is 0 Å². The smallest absolute Gasteiger partial charge is 0.270 e. The number of nitrogens with one attached hydrogen (secondary N) is 1. The van der Waals surface area contributed by atoms with Crippen LogP contribution in [0.5, 0.6) is 0 Å². The van der Waals surface area contributed by atoms with Crippen LogP contribution in [0.3, 0.4) is 0 Å². The van der Waals surface area contributed by atoms with Crippen LogP contribution in [0.1, 0.15) is 18.4 Å². The van der Waals surface area contributed by atoms with E-state index in [1.165, 1.54) is 4.31 Å². The van der Waals surface area contributed by atoms with Crippen molar-refractivity contribution in [3.05, 3.63) is 28.2 Å². The Hall–Kier alpha value is -0.590. The summed E-state index contributed by atoms with van der Waals surface area (Å²) < 4.78 is 29.0. The van der Waals surface area contributed by atoms with E-state index in [1.54, 1.807) is 0 Å². The van der Waals surface area contributed by atoms with Gasteiger partial charge in [-0.05, 0) is 53.4 Å². The third-order valence-electron chi connectivity index (χ3n) is 2.77. The van der Waals surface area contributed by atoms with Crippen LogP contribution in [0.25, 0.3) is 0 Å². The number of aryl methyl sites for hydroxylation is 1. The Labute approximate surface area is 110 Å². The highest BCUT2D eigenvalue weighted by Crippen LogP contribution is 2.25. The minimum absolute atomic E-state index is 0.594. The molecule has 0 saturated carbocycles. The summed E-state index contributed by atoms with van der Waals surface area (Å²) in [5.74, 6) is 0. The molecule has 0 amide bonds. The average molecular weight is 319 g/mol. The van der Waals surface area contributed by atoms with Crippen molar-refractivity contribution in [2.75, 3.05) is 17.8 Å². The largest absolute Gasteiger partial charge is 0.301 e. The number of nitrogens with zero attached hydrogens (tertiary/aromatic N) is 1. The summed E-state index contributed by atoms with van der Waals surface area (Å²) in [7, 11) is -3.40. The fourth-order valence-corrected chi connectivity index (χ4v) is 3.64. The Balaban J connectivity index is 2.22. The Kier molecular flexibility index (Phi) is 3.75. The summed E-state index contributed by atoms with van der Waals surface area (Å²) >= 11 is 3.35. The fourth-order valence-electron chi connectivity index (χ4n) is 1.85. The van der Waals surface area contributed by atoms with Crippen molar-refractivity contribution in [2.24, 2.45) is 0 Å². The molecule has 0 bridgehead atoms. The van der Waals surface area contributed by atoms with Crippen molar-refractivity contribution in [1.29, 1.82) is 0 Å². The molecule has 94 valence electrons. The van der Waals surface area contributed by atoms with Gasteiger partial charge in [-0.15, -0.1) is 0 Å². The van der Waals surface area contributed by atoms with Gasteiger partial charge in [0.1, 0.15) is 0 Å². The molecule has 0 radical (unpaired) electrons. The number of hydrogen-bond acceptors (Lipinski definition) is 2. The van der Waals surface area contributed by atoms with Gasteiger partial charge in [0.05, 0.1) is 5.69 Å². The Morgan fingerprint density at radius 3 is 2.59 bits per heavy atom. The zero-order valence-corrected chi connectivity index (χ0v) is 12.0. The molecule has 4 nitrogen and oxygen atoms in total. The summed E-state index contributed by atoms with van der Waals surface area (Å²) in [6, 6.07) is 5.59. The van der Waals surface area contributed by atoms with Gasteiger partial charge in [0.25, 0.3) is 0 Å². The average Bonchev–Trinajstić information content (AvgIpc) is 2.77. The van der Waals surface area contributed by atoms with Gasteiger partial charge in [0.2, 0.25) is 0 Å². The maximum Gasteiger partial charge on any atom is 0.301 e. The second-order valence-corrected chi connectivity index (χ2v) is 6.72. The quantitative estimate of drug-likeness (QED) is 0.931. The summed E-state index contributed by atoms with van der Waals surface area (Å²) in [5.41, 5.74) is 1.62. The minimum atomic E-state index is -3.40. The maximum absolute atomic E-state index is 12.1. The topological polar surface area (TPSA) is 49.4 Å². The van der Waals surface area contributed by atoms with Gasteiger partial charge in [0, 0.05) is 17.6 Å². The van der Waals surface area contributed by atoms with Crippen LogP contribution >= 0.6 is 15.9 Å². The van der Waals surface area contributed by atoms with Crippen LogP contribution < -0.4 is 4.72 Å². The van der Waals surface area contributed by atoms with Gasteiger partial charge >= 0.3 is 10.2 Å². The molecule has 6 heteroatoms. The molecule has 0 spiro atoms. The van der Waals surface area contributed by atoms with Crippen LogP contribution in [0, 0.1) is 6.92 Å². The molecule has 0 aliphatic carbocycles. The summed E-state index contributed by atoms with van der Waals surface area (Å²) in [6.45, 7) is 3.15. The zero-order valence-electron chi connectivity index (χ0n) is 9.61. The van der Waals surface area contributed by atoms with E-state index in [2.05, 4.69) is 20.7 Å². The second kappa shape index (κ2) is 4.96. The van der Waals surface area contributed by atoms with Gasteiger partial charge in [-0.1, -0.05) is 6.07 Å². The lowest BCUT2D eigenvalue weighted by Gasteiger charge is -2.17. The Morgan fingerprint density at radius 1 is 1.29 bits per heavy atom. The SMILES string of the molecule is Cc1ccc(Br)c(NS(=O)(=O)N2CCCC2)c1. The zero-order chi connectivity index (χ0) is 12.5. The number of hydrogen-bond donors (Lipinski definition) is 1. The first kappa shape index (κ1) is 12.9. The van der Waals surface area contributed by atoms with Gasteiger partial charge in [0.15, 0.2) is 0 Å². The van der Waals surface area contributed by atoms with Crippen molar-refractivity contribution < 1.29 is 8.42 Å². The maximum atomic E-state index is 12.1. The van der Waals surface area contributed by atoms with Crippen LogP contribution in [0.2, 0.25) is 0 Å².